The summed E-state index contributed by atoms with van der Waals surface area (Å²) >= 11 is 2.61. The van der Waals surface area contributed by atoms with Crippen molar-refractivity contribution in [2.45, 2.75) is 21.3 Å². The summed E-state index contributed by atoms with van der Waals surface area (Å²) in [5.74, 6) is -1.46. The molecule has 0 aliphatic heterocycles. The number of aromatic carboxylic acids is 1. The van der Waals surface area contributed by atoms with Crippen molar-refractivity contribution in [1.82, 2.24) is 9.13 Å². The van der Waals surface area contributed by atoms with Gasteiger partial charge in [0.05, 0.1) is 7.11 Å². The molecule has 4 aromatic heterocycles. The maximum Gasteiger partial charge on any atom is 1.00 e. The van der Waals surface area contributed by atoms with Crippen LogP contribution in [0.25, 0.3) is 20.2 Å². The van der Waals surface area contributed by atoms with Gasteiger partial charge in [0.2, 0.25) is 0 Å². The summed E-state index contributed by atoms with van der Waals surface area (Å²) in [7, 11) is 8.54. The van der Waals surface area contributed by atoms with E-state index in [2.05, 4.69) is 0 Å². The van der Waals surface area contributed by atoms with Crippen LogP contribution in [0.5, 0.6) is 0 Å². The predicted octanol–water partition coefficient (Wildman–Crippen LogP) is 4.60. The third kappa shape index (κ3) is 8.73. The number of carboxylic acids is 1. The topological polar surface area (TPSA) is 144 Å². The smallest absolute Gasteiger partial charge is 0.870 e. The molecule has 0 aliphatic rings. The van der Waals surface area contributed by atoms with Crippen molar-refractivity contribution in [2.75, 3.05) is 31.0 Å². The van der Waals surface area contributed by atoms with Crippen LogP contribution in [0.4, 0.5) is 11.4 Å². The minimum atomic E-state index is -0.934. The van der Waals surface area contributed by atoms with E-state index in [1.165, 1.54) is 29.8 Å². The Labute approximate surface area is 320 Å². The number of thiophene rings is 2. The second kappa shape index (κ2) is 17.1. The van der Waals surface area contributed by atoms with Crippen LogP contribution in [0.15, 0.2) is 73.1 Å². The Kier molecular flexibility index (Phi) is 14.4. The summed E-state index contributed by atoms with van der Waals surface area (Å²) in [5, 5.41) is 10.8. The quantitative estimate of drug-likeness (QED) is 0.195. The van der Waals surface area contributed by atoms with Gasteiger partial charge in [0, 0.05) is 61.4 Å². The van der Waals surface area contributed by atoms with Gasteiger partial charge in [-0.1, -0.05) is 7.43 Å². The van der Waals surface area contributed by atoms with E-state index in [1.54, 1.807) is 40.6 Å². The Morgan fingerprint density at radius 1 is 0.700 bits per heavy atom. The first-order valence-electron chi connectivity index (χ1n) is 14.5. The molecule has 50 heavy (non-hydrogen) atoms. The molecule has 0 radical (unpaired) electrons. The second-order valence-electron chi connectivity index (χ2n) is 11.2. The van der Waals surface area contributed by atoms with Crippen molar-refractivity contribution in [3.63, 3.8) is 0 Å². The fourth-order valence-corrected chi connectivity index (χ4v) is 7.09. The predicted molar refractivity (Wildman–Crippen MR) is 196 cm³/mol. The third-order valence-electron chi connectivity index (χ3n) is 7.70. The molecule has 2 amide bonds. The van der Waals surface area contributed by atoms with Crippen LogP contribution in [-0.2, 0) is 18.8 Å². The number of carbonyl (C=O) groups excluding carboxylic acids is 3. The van der Waals surface area contributed by atoms with Gasteiger partial charge in [-0.15, -0.1) is 22.7 Å². The number of amides is 2. The Hall–Kier alpha value is -4.24. The summed E-state index contributed by atoms with van der Waals surface area (Å²) in [6, 6.07) is 18.4. The first kappa shape index (κ1) is 41.9. The average molecular weight is 727 g/mol. The SMILES string of the molecule is C.COC(=O)c1cc2cc(N(C)C(=O)c3cc(C)cn3C)ccc2s1.Cc1cc(C(=O)N(C)c2ccc3sc(C(=O)O)cc3c2)n(C)c1.[Na+].[OH-]. The number of aryl methyl sites for hydroxylation is 4. The van der Waals surface area contributed by atoms with Crippen LogP contribution in [0, 0.1) is 13.8 Å². The van der Waals surface area contributed by atoms with E-state index >= 15 is 0 Å². The number of hydrogen-bond acceptors (Lipinski definition) is 8. The van der Waals surface area contributed by atoms with Gasteiger partial charge >= 0.3 is 41.5 Å². The van der Waals surface area contributed by atoms with Crippen LogP contribution in [0.3, 0.4) is 0 Å². The Bertz CT molecular complexity index is 2180. The molecule has 0 saturated carbocycles. The zero-order valence-corrected chi connectivity index (χ0v) is 32.1. The molecule has 14 heteroatoms. The van der Waals surface area contributed by atoms with Gasteiger partial charge in [-0.05, 0) is 96.4 Å². The number of aromatic nitrogens is 2. The first-order valence-corrected chi connectivity index (χ1v) is 16.1. The summed E-state index contributed by atoms with van der Waals surface area (Å²) in [5.41, 5.74) is 4.84. The number of fused-ring (bicyclic) bond motifs is 2. The van der Waals surface area contributed by atoms with Gasteiger partial charge in [0.15, 0.2) is 0 Å². The maximum atomic E-state index is 12.7. The molecule has 0 fully saturated rings. The first-order chi connectivity index (χ1) is 22.3. The van der Waals surface area contributed by atoms with Gasteiger partial charge in [0.25, 0.3) is 11.8 Å². The number of ether oxygens (including phenoxy) is 1. The number of rotatable bonds is 6. The van der Waals surface area contributed by atoms with Gasteiger partial charge in [-0.2, -0.15) is 0 Å². The van der Waals surface area contributed by atoms with Gasteiger partial charge in [-0.3, -0.25) is 9.59 Å². The van der Waals surface area contributed by atoms with Gasteiger partial charge < -0.3 is 34.3 Å². The van der Waals surface area contributed by atoms with Gasteiger partial charge in [0.1, 0.15) is 21.1 Å². The Morgan fingerprint density at radius 3 is 1.46 bits per heavy atom. The van der Waals surface area contributed by atoms with E-state index in [0.717, 1.165) is 42.7 Å². The fourth-order valence-electron chi connectivity index (χ4n) is 5.25. The molecule has 0 saturated heterocycles. The van der Waals surface area contributed by atoms with E-state index in [4.69, 9.17) is 9.84 Å². The number of methoxy groups -OCH3 is 1. The van der Waals surface area contributed by atoms with E-state index in [0.29, 0.717) is 21.1 Å². The number of hydrogen-bond donors (Lipinski definition) is 1. The zero-order valence-electron chi connectivity index (χ0n) is 28.5. The van der Waals surface area contributed by atoms with Crippen LogP contribution in [-0.4, -0.2) is 64.7 Å². The zero-order chi connectivity index (χ0) is 34.2. The monoisotopic (exact) mass is 726 g/mol. The van der Waals surface area contributed by atoms with Crippen molar-refractivity contribution >= 4 is 78.0 Å². The van der Waals surface area contributed by atoms with Crippen LogP contribution in [0.1, 0.15) is 58.9 Å². The standard InChI is InChI=1S/C18H18N2O3S.C17H16N2O3S.CH4.Na.H2O/c1-11-7-14(19(2)10-11)17(21)20(3)13-5-6-15-12(8-13)9-16(24-15)18(22)23-4;1-10-6-13(18(2)9-10)16(20)19(3)12-4-5-14-11(7-12)8-15(23-14)17(21)22;;;/h5-10H,1-4H3;4-9H,1-3H3,(H,21,22);1H4;;1H2/q;;;+1;/p-1. The molecular formula is C36H39N4NaO7S2. The minimum absolute atomic E-state index is 0. The molecule has 0 spiro atoms. The van der Waals surface area contributed by atoms with E-state index in [9.17, 15) is 19.2 Å². The summed E-state index contributed by atoms with van der Waals surface area (Å²) in [6.45, 7) is 3.91. The normalized spacial score (nSPS) is 10.2. The number of carbonyl (C=O) groups is 4. The molecule has 0 aliphatic carbocycles. The average Bonchev–Trinajstić information content (AvgIpc) is 3.83. The third-order valence-corrected chi connectivity index (χ3v) is 9.90. The molecule has 6 rings (SSSR count). The summed E-state index contributed by atoms with van der Waals surface area (Å²) in [4.78, 5) is 52.1. The van der Waals surface area contributed by atoms with E-state index in [-0.39, 0.29) is 60.2 Å². The molecule has 2 N–H and O–H groups in total. The van der Waals surface area contributed by atoms with Crippen molar-refractivity contribution in [3.8, 4) is 0 Å². The van der Waals surface area contributed by atoms with Crippen molar-refractivity contribution < 1.29 is 64.1 Å². The molecule has 0 bridgehead atoms. The van der Waals surface area contributed by atoms with Crippen LogP contribution in [0.2, 0.25) is 0 Å². The molecule has 4 heterocycles. The Balaban J connectivity index is 0.000000327. The molecular weight excluding hydrogens is 688 g/mol. The number of carboxylic acid groups (broad SMARTS) is 1. The second-order valence-corrected chi connectivity index (χ2v) is 13.4. The van der Waals surface area contributed by atoms with Crippen molar-refractivity contribution in [2.24, 2.45) is 14.1 Å². The molecule has 2 aromatic carbocycles. The molecule has 11 nitrogen and oxygen atoms in total. The van der Waals surface area contributed by atoms with E-state index in [1.807, 2.05) is 93.4 Å². The minimum Gasteiger partial charge on any atom is -0.870 e. The number of anilines is 2. The van der Waals surface area contributed by atoms with Crippen LogP contribution >= 0.6 is 22.7 Å². The van der Waals surface area contributed by atoms with Gasteiger partial charge in [-0.25, -0.2) is 9.59 Å². The molecule has 6 aromatic rings. The van der Waals surface area contributed by atoms with Crippen molar-refractivity contribution in [3.05, 3.63) is 105 Å². The van der Waals surface area contributed by atoms with Crippen LogP contribution < -0.4 is 39.4 Å². The number of benzene rings is 2. The number of nitrogens with zero attached hydrogens (tertiary/aromatic N) is 4. The molecule has 0 atom stereocenters. The maximum absolute atomic E-state index is 12.7. The largest absolute Gasteiger partial charge is 1.00 e. The van der Waals surface area contributed by atoms with E-state index < -0.39 is 5.97 Å². The summed E-state index contributed by atoms with van der Waals surface area (Å²) < 4.78 is 10.3. The fraction of sp³-hybridized carbons (Fsp3) is 0.222. The molecule has 0 unspecified atom stereocenters. The summed E-state index contributed by atoms with van der Waals surface area (Å²) in [6.07, 6.45) is 3.83. The van der Waals surface area contributed by atoms with Crippen molar-refractivity contribution in [1.29, 1.82) is 0 Å². The number of esters is 1. The Morgan fingerprint density at radius 2 is 1.10 bits per heavy atom. The molecule has 258 valence electrons.